The molecule has 0 unspecified atom stereocenters. The lowest BCUT2D eigenvalue weighted by Crippen LogP contribution is -2.29. The van der Waals surface area contributed by atoms with Crippen LogP contribution in [0.25, 0.3) is 21.5 Å². The summed E-state index contributed by atoms with van der Waals surface area (Å²) in [5, 5.41) is 8.14. The summed E-state index contributed by atoms with van der Waals surface area (Å²) in [6, 6.07) is 16.0. The van der Waals surface area contributed by atoms with Crippen molar-refractivity contribution in [1.29, 1.82) is 0 Å². The quantitative estimate of drug-likeness (QED) is 0.549. The van der Waals surface area contributed by atoms with Gasteiger partial charge in [0, 0.05) is 16.7 Å². The van der Waals surface area contributed by atoms with Gasteiger partial charge in [0.15, 0.2) is 5.13 Å². The fourth-order valence-corrected chi connectivity index (χ4v) is 3.82. The molecule has 0 saturated heterocycles. The largest absolute Gasteiger partial charge is 0.300 e. The molecule has 2 heterocycles. The maximum Gasteiger partial charge on any atom is 0.267 e. The second kappa shape index (κ2) is 7.53. The normalized spacial score (nSPS) is 10.9. The van der Waals surface area contributed by atoms with E-state index in [1.165, 1.54) is 17.4 Å². The van der Waals surface area contributed by atoms with Gasteiger partial charge in [0.25, 0.3) is 5.56 Å². The first-order valence-corrected chi connectivity index (χ1v) is 9.68. The molecule has 0 fully saturated rings. The maximum atomic E-state index is 12.4. The first-order valence-electron chi connectivity index (χ1n) is 8.49. The lowest BCUT2D eigenvalue weighted by atomic mass is 10.1. The third kappa shape index (κ3) is 3.95. The van der Waals surface area contributed by atoms with Gasteiger partial charge >= 0.3 is 0 Å². The van der Waals surface area contributed by atoms with Gasteiger partial charge in [0.2, 0.25) is 5.91 Å². The van der Waals surface area contributed by atoms with E-state index in [0.29, 0.717) is 15.8 Å². The smallest absolute Gasteiger partial charge is 0.267 e. The minimum absolute atomic E-state index is 0.199. The topological polar surface area (TPSA) is 76.9 Å². The number of halogens is 1. The van der Waals surface area contributed by atoms with Crippen LogP contribution in [0.15, 0.2) is 59.4 Å². The highest BCUT2D eigenvalue weighted by atomic mass is 35.5. The Balaban J connectivity index is 1.54. The Kier molecular flexibility index (Phi) is 4.93. The minimum Gasteiger partial charge on any atom is -0.300 e. The number of fused-ring (bicyclic) bond motifs is 1. The number of carbonyl (C=O) groups excluding carboxylic acids is 1. The van der Waals surface area contributed by atoms with Gasteiger partial charge in [-0.1, -0.05) is 41.1 Å². The van der Waals surface area contributed by atoms with E-state index in [9.17, 15) is 9.59 Å². The predicted octanol–water partition coefficient (Wildman–Crippen LogP) is 4.12. The van der Waals surface area contributed by atoms with Crippen LogP contribution in [0.4, 0.5) is 5.13 Å². The van der Waals surface area contributed by atoms with Crippen LogP contribution in [0.2, 0.25) is 5.02 Å². The zero-order chi connectivity index (χ0) is 19.7. The number of aryl methyl sites for hydroxylation is 1. The van der Waals surface area contributed by atoms with Crippen molar-refractivity contribution in [3.8, 4) is 11.3 Å². The van der Waals surface area contributed by atoms with E-state index in [1.807, 2.05) is 37.3 Å². The van der Waals surface area contributed by atoms with Crippen molar-refractivity contribution in [2.45, 2.75) is 13.5 Å². The molecule has 28 heavy (non-hydrogen) atoms. The maximum absolute atomic E-state index is 12.4. The number of hydrogen-bond donors (Lipinski definition) is 1. The van der Waals surface area contributed by atoms with Crippen LogP contribution in [0.3, 0.4) is 0 Å². The van der Waals surface area contributed by atoms with Gasteiger partial charge in [0.1, 0.15) is 6.54 Å². The summed E-state index contributed by atoms with van der Waals surface area (Å²) in [7, 11) is 0. The fourth-order valence-electron chi connectivity index (χ4n) is 2.72. The Bertz CT molecular complexity index is 1230. The van der Waals surface area contributed by atoms with Crippen molar-refractivity contribution in [2.75, 3.05) is 5.32 Å². The summed E-state index contributed by atoms with van der Waals surface area (Å²) in [5.74, 6) is -0.362. The second-order valence-electron chi connectivity index (χ2n) is 6.26. The number of benzene rings is 2. The summed E-state index contributed by atoms with van der Waals surface area (Å²) in [6.07, 6.45) is 0. The second-order valence-corrected chi connectivity index (χ2v) is 7.73. The van der Waals surface area contributed by atoms with Crippen molar-refractivity contribution in [2.24, 2.45) is 0 Å². The number of hydrogen-bond acceptors (Lipinski definition) is 5. The number of rotatable bonds is 4. The van der Waals surface area contributed by atoms with Gasteiger partial charge in [-0.05, 0) is 42.8 Å². The van der Waals surface area contributed by atoms with Crippen LogP contribution < -0.4 is 10.9 Å². The average Bonchev–Trinajstić information content (AvgIpc) is 3.05. The number of thiazole rings is 1. The Labute approximate surface area is 169 Å². The van der Waals surface area contributed by atoms with Crippen LogP contribution in [-0.2, 0) is 11.3 Å². The molecule has 1 N–H and O–H groups in total. The van der Waals surface area contributed by atoms with E-state index >= 15 is 0 Å². The Morgan fingerprint density at radius 3 is 2.71 bits per heavy atom. The number of carbonyl (C=O) groups is 1. The molecule has 0 aliphatic carbocycles. The van der Waals surface area contributed by atoms with Crippen molar-refractivity contribution in [1.82, 2.24) is 14.8 Å². The molecule has 8 heteroatoms. The average molecular weight is 411 g/mol. The number of amides is 1. The molecular formula is C20H15ClN4O2S. The molecule has 6 nitrogen and oxygen atoms in total. The number of nitrogens with one attached hydrogen (secondary N) is 1. The molecule has 0 bridgehead atoms. The van der Waals surface area contributed by atoms with Gasteiger partial charge in [-0.2, -0.15) is 5.10 Å². The lowest BCUT2D eigenvalue weighted by molar-refractivity contribution is -0.117. The molecule has 0 radical (unpaired) electrons. The number of nitrogens with zero attached hydrogens (tertiary/aromatic N) is 3. The predicted molar refractivity (Wildman–Crippen MR) is 112 cm³/mol. The van der Waals surface area contributed by atoms with E-state index in [1.54, 1.807) is 18.2 Å². The summed E-state index contributed by atoms with van der Waals surface area (Å²) >= 11 is 7.30. The summed E-state index contributed by atoms with van der Waals surface area (Å²) in [4.78, 5) is 28.9. The third-order valence-corrected chi connectivity index (χ3v) is 5.28. The number of anilines is 1. The monoisotopic (exact) mass is 410 g/mol. The molecule has 0 aliphatic rings. The summed E-state index contributed by atoms with van der Waals surface area (Å²) < 4.78 is 2.13. The summed E-state index contributed by atoms with van der Waals surface area (Å²) in [6.45, 7) is 1.80. The molecule has 4 aromatic rings. The van der Waals surface area contributed by atoms with Gasteiger partial charge < -0.3 is 5.32 Å². The molecule has 1 amide bonds. The molecule has 0 spiro atoms. The molecule has 0 atom stereocenters. The van der Waals surface area contributed by atoms with Gasteiger partial charge in [0.05, 0.1) is 15.9 Å². The minimum atomic E-state index is -0.362. The molecule has 0 saturated carbocycles. The highest BCUT2D eigenvalue weighted by Crippen LogP contribution is 2.26. The van der Waals surface area contributed by atoms with Gasteiger partial charge in [-0.25, -0.2) is 9.67 Å². The van der Waals surface area contributed by atoms with Crippen molar-refractivity contribution in [3.63, 3.8) is 0 Å². The Hall–Kier alpha value is -3.03. The van der Waals surface area contributed by atoms with E-state index < -0.39 is 0 Å². The van der Waals surface area contributed by atoms with E-state index in [4.69, 9.17) is 11.6 Å². The Morgan fingerprint density at radius 2 is 1.93 bits per heavy atom. The first-order chi connectivity index (χ1) is 13.5. The number of aromatic nitrogens is 3. The summed E-state index contributed by atoms with van der Waals surface area (Å²) in [5.41, 5.74) is 2.99. The van der Waals surface area contributed by atoms with E-state index in [2.05, 4.69) is 15.4 Å². The zero-order valence-corrected chi connectivity index (χ0v) is 16.4. The Morgan fingerprint density at radius 1 is 1.14 bits per heavy atom. The van der Waals surface area contributed by atoms with Crippen molar-refractivity contribution in [3.05, 3.63) is 75.5 Å². The molecule has 2 aromatic heterocycles. The van der Waals surface area contributed by atoms with E-state index in [0.717, 1.165) is 26.0 Å². The molecule has 0 aliphatic heterocycles. The van der Waals surface area contributed by atoms with E-state index in [-0.39, 0.29) is 18.0 Å². The van der Waals surface area contributed by atoms with Crippen LogP contribution in [0.1, 0.15) is 5.56 Å². The lowest BCUT2D eigenvalue weighted by Gasteiger charge is -2.07. The van der Waals surface area contributed by atoms with Crippen LogP contribution in [0.5, 0.6) is 0 Å². The van der Waals surface area contributed by atoms with Crippen molar-refractivity contribution < 1.29 is 4.79 Å². The van der Waals surface area contributed by atoms with Crippen LogP contribution in [0, 0.1) is 6.92 Å². The molecule has 4 rings (SSSR count). The molecule has 2 aromatic carbocycles. The van der Waals surface area contributed by atoms with Crippen LogP contribution >= 0.6 is 22.9 Å². The zero-order valence-electron chi connectivity index (χ0n) is 14.8. The van der Waals surface area contributed by atoms with Crippen LogP contribution in [-0.4, -0.2) is 20.7 Å². The van der Waals surface area contributed by atoms with Crippen molar-refractivity contribution >= 4 is 44.2 Å². The first kappa shape index (κ1) is 18.3. The van der Waals surface area contributed by atoms with Gasteiger partial charge in [-0.3, -0.25) is 9.59 Å². The third-order valence-electron chi connectivity index (χ3n) is 4.09. The SMILES string of the molecule is Cc1ccc2nc(NC(=O)Cn3nc(-c4ccc(Cl)cc4)ccc3=O)sc2c1. The van der Waals surface area contributed by atoms with Gasteiger partial charge in [-0.15, -0.1) is 0 Å². The molecule has 140 valence electrons. The fraction of sp³-hybridized carbons (Fsp3) is 0.100. The highest BCUT2D eigenvalue weighted by molar-refractivity contribution is 7.22. The highest BCUT2D eigenvalue weighted by Gasteiger charge is 2.11. The molecular weight excluding hydrogens is 396 g/mol. The standard InChI is InChI=1S/C20H15ClN4O2S/c1-12-2-7-16-17(10-12)28-20(22-16)23-18(26)11-25-19(27)9-8-15(24-25)13-3-5-14(21)6-4-13/h2-10H,11H2,1H3,(H,22,23,26).